The van der Waals surface area contributed by atoms with E-state index in [1.165, 1.54) is 6.92 Å². The fraction of sp³-hybridized carbons (Fsp3) is 0.458. The van der Waals surface area contributed by atoms with E-state index in [1.807, 2.05) is 24.3 Å². The monoisotopic (exact) mass is 454 g/mol. The molecule has 0 bridgehead atoms. The summed E-state index contributed by atoms with van der Waals surface area (Å²) in [5, 5.41) is 21.9. The van der Waals surface area contributed by atoms with Crippen LogP contribution in [0.3, 0.4) is 0 Å². The molecule has 0 saturated carbocycles. The number of fused-ring (bicyclic) bond motifs is 1. The highest BCUT2D eigenvalue weighted by Crippen LogP contribution is 2.28. The number of hydrogen-bond donors (Lipinski definition) is 3. The van der Waals surface area contributed by atoms with Gasteiger partial charge in [0.15, 0.2) is 0 Å². The maximum absolute atomic E-state index is 12.2. The van der Waals surface area contributed by atoms with E-state index < -0.39 is 18.1 Å². The summed E-state index contributed by atoms with van der Waals surface area (Å²) in [5.41, 5.74) is 4.11. The van der Waals surface area contributed by atoms with Crippen molar-refractivity contribution < 1.29 is 19.7 Å². The molecule has 0 amide bonds. The van der Waals surface area contributed by atoms with E-state index in [2.05, 4.69) is 9.88 Å². The number of aliphatic hydroxyl groups excluding tert-OH is 1. The molecule has 0 radical (unpaired) electrons. The zero-order chi connectivity index (χ0) is 23.7. The van der Waals surface area contributed by atoms with E-state index in [0.29, 0.717) is 18.1 Å². The van der Waals surface area contributed by atoms with Crippen molar-refractivity contribution in [3.05, 3.63) is 51.9 Å². The summed E-state index contributed by atoms with van der Waals surface area (Å²) in [6.07, 6.45) is 1.78. The second-order valence-electron chi connectivity index (χ2n) is 8.86. The van der Waals surface area contributed by atoms with Gasteiger partial charge >= 0.3 is 5.97 Å². The molecule has 1 aromatic carbocycles. The van der Waals surface area contributed by atoms with E-state index in [9.17, 15) is 19.8 Å². The molecule has 3 heterocycles. The van der Waals surface area contributed by atoms with Crippen LogP contribution < -0.4 is 10.9 Å². The van der Waals surface area contributed by atoms with Crippen LogP contribution >= 0.6 is 0 Å². The zero-order valence-corrected chi connectivity index (χ0v) is 19.1. The lowest BCUT2D eigenvalue weighted by molar-refractivity contribution is -0.142. The minimum Gasteiger partial charge on any atom is -0.480 e. The van der Waals surface area contributed by atoms with Gasteiger partial charge in [-0.25, -0.2) is 4.98 Å². The molecule has 0 spiro atoms. The fourth-order valence-corrected chi connectivity index (χ4v) is 4.37. The van der Waals surface area contributed by atoms with Crippen molar-refractivity contribution in [2.45, 2.75) is 45.5 Å². The summed E-state index contributed by atoms with van der Waals surface area (Å²) < 4.78 is 9.33. The van der Waals surface area contributed by atoms with Crippen LogP contribution in [0.15, 0.2) is 35.3 Å². The number of aryl methyl sites for hydroxylation is 2. The minimum atomic E-state index is -1.10. The number of pyridine rings is 1. The second kappa shape index (κ2) is 9.46. The van der Waals surface area contributed by atoms with E-state index >= 15 is 0 Å². The third-order valence-electron chi connectivity index (χ3n) is 6.17. The molecule has 2 aromatic heterocycles. The summed E-state index contributed by atoms with van der Waals surface area (Å²) >= 11 is 0. The van der Waals surface area contributed by atoms with Crippen LogP contribution in [-0.2, 0) is 29.7 Å². The summed E-state index contributed by atoms with van der Waals surface area (Å²) in [6.45, 7) is 5.77. The van der Waals surface area contributed by atoms with Gasteiger partial charge in [0.05, 0.1) is 23.7 Å². The Morgan fingerprint density at radius 1 is 1.36 bits per heavy atom. The molecule has 4 rings (SSSR count). The average molecular weight is 455 g/mol. The molecule has 33 heavy (non-hydrogen) atoms. The molecule has 3 aromatic rings. The molecule has 1 saturated heterocycles. The molecule has 1 aliphatic heterocycles. The first kappa shape index (κ1) is 23.2. The molecule has 3 N–H and O–H groups in total. The fourth-order valence-electron chi connectivity index (χ4n) is 4.37. The first-order valence-electron chi connectivity index (χ1n) is 11.1. The van der Waals surface area contributed by atoms with Crippen molar-refractivity contribution in [2.75, 3.05) is 13.2 Å². The predicted octanol–water partition coefficient (Wildman–Crippen LogP) is 1.67. The number of ether oxygens (including phenoxy) is 1. The Kier molecular flexibility index (Phi) is 6.64. The SMILES string of the molecule is Cc1cc(-c2nc3cc(CN[C@H](C(=O)O)[C@@H](C)O)ccc3n2CC2CCOC2)cn(C)c1=O. The van der Waals surface area contributed by atoms with E-state index in [0.717, 1.165) is 47.6 Å². The number of nitrogens with one attached hydrogen (secondary N) is 1. The van der Waals surface area contributed by atoms with Crippen LogP contribution in [-0.4, -0.2) is 55.7 Å². The van der Waals surface area contributed by atoms with E-state index in [4.69, 9.17) is 9.72 Å². The first-order valence-corrected chi connectivity index (χ1v) is 11.1. The molecule has 9 heteroatoms. The predicted molar refractivity (Wildman–Crippen MR) is 124 cm³/mol. The molecule has 0 aliphatic carbocycles. The van der Waals surface area contributed by atoms with Gasteiger partial charge in [0.1, 0.15) is 11.9 Å². The Morgan fingerprint density at radius 2 is 2.15 bits per heavy atom. The lowest BCUT2D eigenvalue weighted by atomic mass is 10.1. The lowest BCUT2D eigenvalue weighted by Gasteiger charge is -2.17. The van der Waals surface area contributed by atoms with Crippen molar-refractivity contribution >= 4 is 17.0 Å². The normalized spacial score (nSPS) is 18.0. The largest absolute Gasteiger partial charge is 0.480 e. The highest BCUT2D eigenvalue weighted by Gasteiger charge is 2.23. The Labute approximate surface area is 191 Å². The maximum atomic E-state index is 12.2. The number of hydrogen-bond acceptors (Lipinski definition) is 6. The van der Waals surface area contributed by atoms with Gasteiger partial charge in [0.25, 0.3) is 5.56 Å². The van der Waals surface area contributed by atoms with Gasteiger partial charge in [-0.3, -0.25) is 14.9 Å². The van der Waals surface area contributed by atoms with Crippen LogP contribution in [0.25, 0.3) is 22.4 Å². The second-order valence-corrected chi connectivity index (χ2v) is 8.86. The number of carboxylic acid groups (broad SMARTS) is 1. The van der Waals surface area contributed by atoms with Crippen molar-refractivity contribution in [2.24, 2.45) is 13.0 Å². The maximum Gasteiger partial charge on any atom is 0.323 e. The van der Waals surface area contributed by atoms with Crippen molar-refractivity contribution in [3.8, 4) is 11.4 Å². The summed E-state index contributed by atoms with van der Waals surface area (Å²) in [7, 11) is 1.74. The van der Waals surface area contributed by atoms with Crippen LogP contribution in [0.5, 0.6) is 0 Å². The summed E-state index contributed by atoms with van der Waals surface area (Å²) in [5.74, 6) is 0.0769. The van der Waals surface area contributed by atoms with Crippen molar-refractivity contribution in [1.29, 1.82) is 0 Å². The number of nitrogens with zero attached hydrogens (tertiary/aromatic N) is 3. The molecule has 3 atom stereocenters. The molecular weight excluding hydrogens is 424 g/mol. The van der Waals surface area contributed by atoms with Crippen molar-refractivity contribution in [1.82, 2.24) is 19.4 Å². The van der Waals surface area contributed by atoms with Crippen LogP contribution in [0.4, 0.5) is 0 Å². The lowest BCUT2D eigenvalue weighted by Crippen LogP contribution is -2.44. The van der Waals surface area contributed by atoms with Gasteiger partial charge in [-0.15, -0.1) is 0 Å². The van der Waals surface area contributed by atoms with Gasteiger partial charge in [0.2, 0.25) is 0 Å². The third-order valence-corrected chi connectivity index (χ3v) is 6.17. The average Bonchev–Trinajstić information content (AvgIpc) is 3.39. The Hall–Kier alpha value is -3.01. The number of carbonyl (C=O) groups is 1. The molecule has 1 unspecified atom stereocenters. The number of aromatic nitrogens is 3. The minimum absolute atomic E-state index is 0.0370. The Morgan fingerprint density at radius 3 is 2.79 bits per heavy atom. The molecule has 9 nitrogen and oxygen atoms in total. The first-order chi connectivity index (χ1) is 15.7. The number of carboxylic acids is 1. The molecule has 1 fully saturated rings. The van der Waals surface area contributed by atoms with Gasteiger partial charge in [-0.05, 0) is 44.0 Å². The smallest absolute Gasteiger partial charge is 0.323 e. The van der Waals surface area contributed by atoms with E-state index in [1.54, 1.807) is 24.7 Å². The Bertz CT molecular complexity index is 1200. The standard InChI is InChI=1S/C24H30N4O5/c1-14-8-18(12-27(3)23(14)30)22-26-19-9-16(10-25-21(15(2)29)24(31)32)4-5-20(19)28(22)11-17-6-7-33-13-17/h4-5,8-9,12,15,17,21,25,29H,6-7,10-11,13H2,1-3H3,(H,31,32)/t15-,17?,21+/m1/s1. The Balaban J connectivity index is 1.73. The van der Waals surface area contributed by atoms with Crippen LogP contribution in [0.1, 0.15) is 24.5 Å². The van der Waals surface area contributed by atoms with Crippen molar-refractivity contribution in [3.63, 3.8) is 0 Å². The molecule has 1 aliphatic rings. The zero-order valence-electron chi connectivity index (χ0n) is 19.1. The number of rotatable bonds is 8. The third kappa shape index (κ3) is 4.85. The topological polar surface area (TPSA) is 119 Å². The van der Waals surface area contributed by atoms with Crippen LogP contribution in [0.2, 0.25) is 0 Å². The molecule has 176 valence electrons. The summed E-state index contributed by atoms with van der Waals surface area (Å²) in [4.78, 5) is 28.5. The molecular formula is C24H30N4O5. The number of imidazole rings is 1. The highest BCUT2D eigenvalue weighted by molar-refractivity contribution is 5.81. The number of benzene rings is 1. The summed E-state index contributed by atoms with van der Waals surface area (Å²) in [6, 6.07) is 6.68. The van der Waals surface area contributed by atoms with Gasteiger partial charge < -0.3 is 24.1 Å². The number of aliphatic hydroxyl groups is 1. The van der Waals surface area contributed by atoms with Crippen LogP contribution in [0, 0.1) is 12.8 Å². The van der Waals surface area contributed by atoms with Gasteiger partial charge in [-0.2, -0.15) is 0 Å². The number of aliphatic carboxylic acids is 1. The highest BCUT2D eigenvalue weighted by atomic mass is 16.5. The van der Waals surface area contributed by atoms with Gasteiger partial charge in [0, 0.05) is 50.0 Å². The quantitative estimate of drug-likeness (QED) is 0.474. The van der Waals surface area contributed by atoms with Gasteiger partial charge in [-0.1, -0.05) is 6.07 Å². The van der Waals surface area contributed by atoms with E-state index in [-0.39, 0.29) is 12.1 Å².